The number of nitrogens with zero attached hydrogens (tertiary/aromatic N) is 6. The zero-order valence-electron chi connectivity index (χ0n) is 30.1. The molecule has 1 saturated carbocycles. The number of furan rings is 1. The van der Waals surface area contributed by atoms with E-state index in [1.807, 2.05) is 0 Å². The summed E-state index contributed by atoms with van der Waals surface area (Å²) in [6, 6.07) is 4.21. The molecule has 3 aromatic heterocycles. The Balaban J connectivity index is 1.24. The van der Waals surface area contributed by atoms with Crippen molar-refractivity contribution in [3.8, 4) is 11.5 Å². The van der Waals surface area contributed by atoms with Crippen LogP contribution >= 0.6 is 23.2 Å². The summed E-state index contributed by atoms with van der Waals surface area (Å²) >= 11 is 14.1. The molecule has 1 N–H and O–H groups in total. The Morgan fingerprint density at radius 3 is 2.17 bits per heavy atom. The number of benzene rings is 2. The Kier molecular flexibility index (Phi) is 9.05. The molecule has 0 spiro atoms. The Morgan fingerprint density at radius 1 is 0.914 bits per heavy atom. The highest BCUT2D eigenvalue weighted by Gasteiger charge is 2.77. The van der Waals surface area contributed by atoms with Gasteiger partial charge in [0, 0.05) is 38.6 Å². The second-order valence-corrected chi connectivity index (χ2v) is 14.9. The molecular formula is C36H27Cl2F5N6O9. The lowest BCUT2D eigenvalue weighted by atomic mass is 9.65. The third-order valence-electron chi connectivity index (χ3n) is 10.9. The first-order valence-electron chi connectivity index (χ1n) is 17.2. The van der Waals surface area contributed by atoms with E-state index >= 15 is 8.78 Å². The van der Waals surface area contributed by atoms with Gasteiger partial charge in [0.2, 0.25) is 5.82 Å². The van der Waals surface area contributed by atoms with Crippen LogP contribution in [0.15, 0.2) is 54.7 Å². The van der Waals surface area contributed by atoms with Crippen LogP contribution in [0.25, 0.3) is 11.0 Å². The van der Waals surface area contributed by atoms with Crippen molar-refractivity contribution in [2.75, 3.05) is 19.1 Å². The molecule has 2 aliphatic heterocycles. The molecule has 5 aromatic rings. The average Bonchev–Trinajstić information content (AvgIpc) is 3.83. The van der Waals surface area contributed by atoms with Gasteiger partial charge in [0.25, 0.3) is 17.4 Å². The molecule has 4 unspecified atom stereocenters. The second kappa shape index (κ2) is 13.4. The molecule has 0 bridgehead atoms. The van der Waals surface area contributed by atoms with Crippen LogP contribution in [0.5, 0.6) is 11.5 Å². The number of allylic oxidation sites excluding steroid dienone is 2. The number of methoxy groups -OCH3 is 2. The Labute approximate surface area is 330 Å². The number of carbonyl (C=O) groups is 2. The number of hydrogen-bond acceptors (Lipinski definition) is 10. The fraction of sp³-hybridized carbons (Fsp3) is 0.333. The van der Waals surface area contributed by atoms with E-state index in [2.05, 4.69) is 4.98 Å². The van der Waals surface area contributed by atoms with Crippen molar-refractivity contribution in [2.45, 2.75) is 54.2 Å². The van der Waals surface area contributed by atoms with Crippen molar-refractivity contribution in [3.05, 3.63) is 114 Å². The van der Waals surface area contributed by atoms with Gasteiger partial charge < -0.3 is 23.6 Å². The third-order valence-corrected chi connectivity index (χ3v) is 12.3. The summed E-state index contributed by atoms with van der Waals surface area (Å²) in [6.45, 7) is -1.40. The highest BCUT2D eigenvalue weighted by Crippen LogP contribution is 2.64. The molecule has 1 aliphatic carbocycles. The van der Waals surface area contributed by atoms with E-state index < -0.39 is 98.3 Å². The first-order valence-corrected chi connectivity index (χ1v) is 17.9. The minimum Gasteiger partial charge on any atom is -0.493 e. The fourth-order valence-corrected chi connectivity index (χ4v) is 9.00. The number of aryl methyl sites for hydroxylation is 2. The number of carbonyl (C=O) groups excluding carboxylic acids is 2. The van der Waals surface area contributed by atoms with Crippen LogP contribution in [0.4, 0.5) is 27.6 Å². The standard InChI is InChI=1S/C36H27Cl2F5N6O9/c1-45-18-11-22(57-3)21(56-2)10-17(18)44-16(30(45)51)7-8-46-33(54)47-9-6-15-19(49(47)34(46)55)12-35(37)31(52)48(29-27(42)25(40)24(39)26(41)28(29)43)32(53)36(35,38)23(15)20-5-4-14(13-50)58-20/h4-6,10-11,19,23,50H,7-9,12-13H2,1-3H3. The smallest absolute Gasteiger partial charge is 0.347 e. The molecule has 58 heavy (non-hydrogen) atoms. The summed E-state index contributed by atoms with van der Waals surface area (Å²) < 4.78 is 93.9. The number of imide groups is 1. The number of halogens is 7. The number of hydrogen-bond donors (Lipinski definition) is 1. The molecule has 3 aliphatic rings. The molecule has 2 aromatic carbocycles. The van der Waals surface area contributed by atoms with E-state index in [0.717, 1.165) is 13.9 Å². The maximum atomic E-state index is 15.2. The van der Waals surface area contributed by atoms with Gasteiger partial charge in [-0.15, -0.1) is 23.2 Å². The largest absolute Gasteiger partial charge is 0.493 e. The van der Waals surface area contributed by atoms with Crippen molar-refractivity contribution in [1.29, 1.82) is 0 Å². The summed E-state index contributed by atoms with van der Waals surface area (Å²) in [4.78, 5) is 68.6. The number of amides is 2. The molecule has 15 nitrogen and oxygen atoms in total. The molecule has 2 fully saturated rings. The van der Waals surface area contributed by atoms with E-state index in [-0.39, 0.29) is 47.2 Å². The SMILES string of the molecule is COc1cc2nc(CCn3c(=O)n4n(c3=O)C3CC5(Cl)C(=O)N(c6c(F)c(F)c(F)c(F)c6F)C(=O)C5(Cl)C(c5ccc(CO)o5)C3=CC4)c(=O)n(C)c2cc1OC. The summed E-state index contributed by atoms with van der Waals surface area (Å²) in [5.41, 5.74) is -3.54. The van der Waals surface area contributed by atoms with E-state index in [1.54, 1.807) is 12.1 Å². The highest BCUT2D eigenvalue weighted by atomic mass is 35.5. The number of aliphatic hydroxyl groups excluding tert-OH is 1. The van der Waals surface area contributed by atoms with Crippen LogP contribution in [-0.2, 0) is 42.8 Å². The van der Waals surface area contributed by atoms with Gasteiger partial charge in [-0.1, -0.05) is 6.08 Å². The van der Waals surface area contributed by atoms with Gasteiger partial charge in [-0.2, -0.15) is 0 Å². The summed E-state index contributed by atoms with van der Waals surface area (Å²) in [5.74, 6) is -17.3. The second-order valence-electron chi connectivity index (χ2n) is 13.7. The predicted molar refractivity (Wildman–Crippen MR) is 192 cm³/mol. The van der Waals surface area contributed by atoms with Crippen LogP contribution in [0.3, 0.4) is 0 Å². The zero-order valence-corrected chi connectivity index (χ0v) is 31.6. The normalized spacial score (nSPS) is 22.6. The van der Waals surface area contributed by atoms with Crippen molar-refractivity contribution in [1.82, 2.24) is 23.5 Å². The first-order chi connectivity index (χ1) is 27.5. The Bertz CT molecular complexity index is 2840. The molecule has 304 valence electrons. The summed E-state index contributed by atoms with van der Waals surface area (Å²) in [5, 5.41) is 9.76. The third kappa shape index (κ3) is 5.06. The van der Waals surface area contributed by atoms with Crippen LogP contribution in [0.1, 0.15) is 35.6 Å². The van der Waals surface area contributed by atoms with Crippen molar-refractivity contribution >= 4 is 51.7 Å². The minimum atomic E-state index is -2.82. The molecule has 4 atom stereocenters. The summed E-state index contributed by atoms with van der Waals surface area (Å²) in [6.07, 6.45) is 0.337. The van der Waals surface area contributed by atoms with Gasteiger partial charge in [-0.05, 0) is 17.7 Å². The lowest BCUT2D eigenvalue weighted by Crippen LogP contribution is -2.59. The summed E-state index contributed by atoms with van der Waals surface area (Å²) in [7, 11) is 4.34. The molecule has 5 heterocycles. The number of rotatable bonds is 8. The maximum Gasteiger partial charge on any atom is 0.347 e. The highest BCUT2D eigenvalue weighted by molar-refractivity contribution is 6.58. The van der Waals surface area contributed by atoms with E-state index in [9.17, 15) is 42.3 Å². The van der Waals surface area contributed by atoms with Gasteiger partial charge in [-0.25, -0.2) is 55.4 Å². The monoisotopic (exact) mass is 852 g/mol. The Hall–Kier alpha value is -5.73. The van der Waals surface area contributed by atoms with Crippen LogP contribution in [-0.4, -0.2) is 64.4 Å². The maximum absolute atomic E-state index is 15.2. The molecule has 0 radical (unpaired) electrons. The molecule has 8 rings (SSSR count). The molecule has 2 amide bonds. The van der Waals surface area contributed by atoms with Crippen molar-refractivity contribution in [2.24, 2.45) is 7.05 Å². The van der Waals surface area contributed by atoms with Crippen LogP contribution in [0, 0.1) is 29.1 Å². The van der Waals surface area contributed by atoms with Gasteiger partial charge in [0.1, 0.15) is 29.5 Å². The van der Waals surface area contributed by atoms with Crippen molar-refractivity contribution in [3.63, 3.8) is 0 Å². The first kappa shape index (κ1) is 39.1. The number of anilines is 1. The molecule has 1 saturated heterocycles. The van der Waals surface area contributed by atoms with Crippen LogP contribution in [0.2, 0.25) is 0 Å². The predicted octanol–water partition coefficient (Wildman–Crippen LogP) is 3.30. The topological polar surface area (TPSA) is 173 Å². The zero-order chi connectivity index (χ0) is 41.9. The number of alkyl halides is 2. The number of fused-ring (bicyclic) bond motifs is 5. The lowest BCUT2D eigenvalue weighted by molar-refractivity contribution is -0.122. The fourth-order valence-electron chi connectivity index (χ4n) is 8.10. The van der Waals surface area contributed by atoms with Crippen LogP contribution < -0.4 is 31.3 Å². The van der Waals surface area contributed by atoms with E-state index in [4.69, 9.17) is 37.1 Å². The van der Waals surface area contributed by atoms with Crippen molar-refractivity contribution < 1.29 is 50.5 Å². The number of aromatic nitrogens is 5. The number of ether oxygens (including phenoxy) is 2. The minimum absolute atomic E-state index is 0.0216. The Morgan fingerprint density at radius 2 is 1.55 bits per heavy atom. The van der Waals surface area contributed by atoms with E-state index in [0.29, 0.717) is 22.5 Å². The quantitative estimate of drug-likeness (QED) is 0.0610. The average molecular weight is 854 g/mol. The van der Waals surface area contributed by atoms with Gasteiger partial charge in [-0.3, -0.25) is 14.4 Å². The van der Waals surface area contributed by atoms with Gasteiger partial charge >= 0.3 is 11.4 Å². The van der Waals surface area contributed by atoms with Gasteiger partial charge in [0.05, 0.1) is 43.8 Å². The van der Waals surface area contributed by atoms with E-state index in [1.165, 1.54) is 44.0 Å². The van der Waals surface area contributed by atoms with Gasteiger partial charge in [0.15, 0.2) is 44.5 Å². The lowest BCUT2D eigenvalue weighted by Gasteiger charge is -2.48. The molecule has 22 heteroatoms. The number of aliphatic hydroxyl groups is 1. The molecular weight excluding hydrogens is 826 g/mol.